The molecule has 1 aromatic heterocycles. The summed E-state index contributed by atoms with van der Waals surface area (Å²) in [7, 11) is 1.76. The second-order valence-electron chi connectivity index (χ2n) is 12.2. The van der Waals surface area contributed by atoms with Gasteiger partial charge in [0.05, 0.1) is 12.7 Å². The molecule has 4 heterocycles. The number of amides is 1. The standard InChI is InChI=1S/C30H41F2N7O2/c1-30(2,3)41-29(40)38-13-9-25(36-21-7-10-34-11-8-21)24(18-38)28(33)39-12-5-6-19-14-22(20-16-35-37(4)17-20)23(27(31)32)15-26(19)39/h14-17,21,27,33-34,36H,5-13,18H2,1-4H3. The van der Waals surface area contributed by atoms with Gasteiger partial charge in [0, 0.05) is 66.9 Å². The number of nitrogens with one attached hydrogen (secondary N) is 3. The molecule has 1 fully saturated rings. The van der Waals surface area contributed by atoms with Crippen LogP contribution in [-0.2, 0) is 18.2 Å². The Morgan fingerprint density at radius 3 is 2.61 bits per heavy atom. The number of piperidine rings is 1. The number of fused-ring (bicyclic) bond motifs is 1. The first kappa shape index (κ1) is 29.0. The molecule has 0 unspecified atom stereocenters. The van der Waals surface area contributed by atoms with Crippen molar-refractivity contribution in [3.05, 3.63) is 46.9 Å². The van der Waals surface area contributed by atoms with Gasteiger partial charge in [0.1, 0.15) is 11.4 Å². The lowest BCUT2D eigenvalue weighted by Crippen LogP contribution is -2.48. The van der Waals surface area contributed by atoms with Gasteiger partial charge in [0.15, 0.2) is 0 Å². The number of amidine groups is 1. The fourth-order valence-corrected chi connectivity index (χ4v) is 5.87. The molecular weight excluding hydrogens is 528 g/mol. The minimum absolute atomic E-state index is 0.0718. The monoisotopic (exact) mass is 569 g/mol. The van der Waals surface area contributed by atoms with E-state index >= 15 is 0 Å². The van der Waals surface area contributed by atoms with E-state index in [1.165, 1.54) is 0 Å². The van der Waals surface area contributed by atoms with Crippen LogP contribution in [0.25, 0.3) is 11.1 Å². The Labute approximate surface area is 240 Å². The molecule has 9 nitrogen and oxygen atoms in total. The van der Waals surface area contributed by atoms with Crippen LogP contribution in [0, 0.1) is 5.41 Å². The van der Waals surface area contributed by atoms with Gasteiger partial charge in [0.25, 0.3) is 6.43 Å². The van der Waals surface area contributed by atoms with Crippen LogP contribution in [0.2, 0.25) is 0 Å². The second-order valence-corrected chi connectivity index (χ2v) is 12.2. The van der Waals surface area contributed by atoms with Crippen molar-refractivity contribution in [2.75, 3.05) is 37.6 Å². The van der Waals surface area contributed by atoms with Crippen LogP contribution in [-0.4, -0.2) is 71.0 Å². The summed E-state index contributed by atoms with van der Waals surface area (Å²) in [5.74, 6) is 0.241. The van der Waals surface area contributed by atoms with Gasteiger partial charge in [-0.2, -0.15) is 5.10 Å². The van der Waals surface area contributed by atoms with E-state index in [9.17, 15) is 19.0 Å². The first-order valence-corrected chi connectivity index (χ1v) is 14.5. The van der Waals surface area contributed by atoms with Gasteiger partial charge in [0.2, 0.25) is 0 Å². The molecule has 2 aromatic rings. The van der Waals surface area contributed by atoms with E-state index < -0.39 is 18.1 Å². The van der Waals surface area contributed by atoms with E-state index in [0.29, 0.717) is 41.9 Å². The summed E-state index contributed by atoms with van der Waals surface area (Å²) in [6.45, 7) is 8.61. The van der Waals surface area contributed by atoms with Crippen LogP contribution in [0.5, 0.6) is 0 Å². The summed E-state index contributed by atoms with van der Waals surface area (Å²) in [5, 5.41) is 20.6. The summed E-state index contributed by atoms with van der Waals surface area (Å²) in [6.07, 6.45) is 4.30. The van der Waals surface area contributed by atoms with Crippen LogP contribution in [0.4, 0.5) is 19.3 Å². The first-order chi connectivity index (χ1) is 19.5. The third-order valence-electron chi connectivity index (χ3n) is 7.89. The largest absolute Gasteiger partial charge is 0.444 e. The van der Waals surface area contributed by atoms with Gasteiger partial charge in [-0.15, -0.1) is 0 Å². The second kappa shape index (κ2) is 11.8. The average molecular weight is 570 g/mol. The van der Waals surface area contributed by atoms with E-state index in [2.05, 4.69) is 15.7 Å². The maximum atomic E-state index is 14.4. The maximum Gasteiger partial charge on any atom is 0.410 e. The molecule has 3 N–H and O–H groups in total. The summed E-state index contributed by atoms with van der Waals surface area (Å²) in [6, 6.07) is 3.66. The zero-order valence-corrected chi connectivity index (χ0v) is 24.4. The number of aromatic nitrogens is 2. The van der Waals surface area contributed by atoms with E-state index in [1.54, 1.807) is 35.1 Å². The van der Waals surface area contributed by atoms with Crippen LogP contribution >= 0.6 is 0 Å². The van der Waals surface area contributed by atoms with Crippen LogP contribution in [0.15, 0.2) is 35.8 Å². The predicted octanol–water partition coefficient (Wildman–Crippen LogP) is 4.99. The van der Waals surface area contributed by atoms with Gasteiger partial charge in [-0.25, -0.2) is 13.6 Å². The molecule has 0 aliphatic carbocycles. The molecule has 3 aliphatic rings. The van der Waals surface area contributed by atoms with Crippen molar-refractivity contribution in [2.24, 2.45) is 7.05 Å². The highest BCUT2D eigenvalue weighted by molar-refractivity contribution is 6.09. The summed E-state index contributed by atoms with van der Waals surface area (Å²) in [5.41, 5.74) is 3.64. The van der Waals surface area contributed by atoms with E-state index in [-0.39, 0.29) is 24.0 Å². The van der Waals surface area contributed by atoms with Gasteiger partial charge < -0.3 is 25.2 Å². The highest BCUT2D eigenvalue weighted by atomic mass is 19.3. The topological polar surface area (TPSA) is 98.5 Å². The van der Waals surface area contributed by atoms with Crippen LogP contribution in [0.1, 0.15) is 64.0 Å². The molecule has 5 rings (SSSR count). The minimum atomic E-state index is -2.68. The zero-order chi connectivity index (χ0) is 29.3. The molecule has 0 saturated carbocycles. The number of anilines is 1. The van der Waals surface area contributed by atoms with Crippen molar-refractivity contribution in [1.29, 1.82) is 5.41 Å². The first-order valence-electron chi connectivity index (χ1n) is 14.5. The van der Waals surface area contributed by atoms with E-state index in [0.717, 1.165) is 50.0 Å². The normalized spacial score (nSPS) is 18.5. The fraction of sp³-hybridized carbons (Fsp3) is 0.567. The van der Waals surface area contributed by atoms with Crippen molar-refractivity contribution in [2.45, 2.75) is 70.9 Å². The molecule has 11 heteroatoms. The summed E-state index contributed by atoms with van der Waals surface area (Å²) < 4.78 is 36.0. The zero-order valence-electron chi connectivity index (χ0n) is 24.4. The van der Waals surface area contributed by atoms with Gasteiger partial charge >= 0.3 is 6.09 Å². The molecule has 0 radical (unpaired) electrons. The molecule has 41 heavy (non-hydrogen) atoms. The SMILES string of the molecule is Cn1cc(-c2cc3c(cc2C(F)F)N(C(=N)C2=C(NC4CCNCC4)CCN(C(=O)OC(C)(C)C)C2)CCC3)cn1. The number of benzene rings is 1. The number of carbonyl (C=O) groups excluding carboxylic acids is 1. The highest BCUT2D eigenvalue weighted by Crippen LogP contribution is 2.39. The quantitative estimate of drug-likeness (QED) is 0.347. The number of carbonyl (C=O) groups is 1. The lowest BCUT2D eigenvalue weighted by molar-refractivity contribution is 0.0260. The van der Waals surface area contributed by atoms with Crippen molar-refractivity contribution < 1.29 is 18.3 Å². The van der Waals surface area contributed by atoms with Crippen LogP contribution in [0.3, 0.4) is 0 Å². The molecule has 3 aliphatic heterocycles. The fourth-order valence-electron chi connectivity index (χ4n) is 5.87. The Morgan fingerprint density at radius 2 is 1.95 bits per heavy atom. The number of hydrogen-bond donors (Lipinski definition) is 3. The number of halogens is 2. The summed E-state index contributed by atoms with van der Waals surface area (Å²) in [4.78, 5) is 16.5. The number of alkyl halides is 2. The average Bonchev–Trinajstić information content (AvgIpc) is 3.37. The van der Waals surface area contributed by atoms with Crippen molar-refractivity contribution in [3.8, 4) is 11.1 Å². The number of rotatable bonds is 5. The van der Waals surface area contributed by atoms with Crippen molar-refractivity contribution >= 4 is 17.6 Å². The smallest absolute Gasteiger partial charge is 0.410 e. The van der Waals surface area contributed by atoms with Crippen LogP contribution < -0.4 is 15.5 Å². The van der Waals surface area contributed by atoms with Gasteiger partial charge in [-0.05, 0) is 82.8 Å². The van der Waals surface area contributed by atoms with Gasteiger partial charge in [-0.1, -0.05) is 0 Å². The molecule has 1 aromatic carbocycles. The Bertz CT molecular complexity index is 1320. The third kappa shape index (κ3) is 6.55. The van der Waals surface area contributed by atoms with E-state index in [4.69, 9.17) is 4.74 Å². The third-order valence-corrected chi connectivity index (χ3v) is 7.89. The van der Waals surface area contributed by atoms with E-state index in [1.807, 2.05) is 31.7 Å². The number of ether oxygens (including phenoxy) is 1. The Balaban J connectivity index is 1.50. The lowest BCUT2D eigenvalue weighted by Gasteiger charge is -2.39. The Hall–Kier alpha value is -3.47. The molecule has 0 spiro atoms. The molecule has 222 valence electrons. The minimum Gasteiger partial charge on any atom is -0.444 e. The molecule has 0 bridgehead atoms. The summed E-state index contributed by atoms with van der Waals surface area (Å²) >= 11 is 0. The lowest BCUT2D eigenvalue weighted by atomic mass is 9.92. The highest BCUT2D eigenvalue weighted by Gasteiger charge is 2.33. The van der Waals surface area contributed by atoms with Gasteiger partial charge in [-0.3, -0.25) is 10.1 Å². The van der Waals surface area contributed by atoms with Crippen molar-refractivity contribution in [3.63, 3.8) is 0 Å². The number of nitrogens with zero attached hydrogens (tertiary/aromatic N) is 4. The maximum absolute atomic E-state index is 14.4. The molecule has 1 amide bonds. The molecule has 0 atom stereocenters. The number of hydrogen-bond acceptors (Lipinski definition) is 6. The Kier molecular flexibility index (Phi) is 8.35. The molecular formula is C30H41F2N7O2. The predicted molar refractivity (Wildman–Crippen MR) is 155 cm³/mol. The number of aryl methyl sites for hydroxylation is 2. The van der Waals surface area contributed by atoms with Crippen molar-refractivity contribution in [1.82, 2.24) is 25.3 Å². The molecule has 1 saturated heterocycles. The Morgan fingerprint density at radius 1 is 1.20 bits per heavy atom.